The minimum atomic E-state index is -0.206. The van der Waals surface area contributed by atoms with Crippen molar-refractivity contribution >= 4 is 11.5 Å². The Morgan fingerprint density at radius 2 is 2.20 bits per heavy atom. The maximum Gasteiger partial charge on any atom is 0.149 e. The Hall–Kier alpha value is -1.29. The summed E-state index contributed by atoms with van der Waals surface area (Å²) in [5, 5.41) is 12.7. The summed E-state index contributed by atoms with van der Waals surface area (Å²) in [6, 6.07) is 3.62. The van der Waals surface area contributed by atoms with E-state index >= 15 is 0 Å². The van der Waals surface area contributed by atoms with Gasteiger partial charge in [-0.1, -0.05) is 12.8 Å². The predicted molar refractivity (Wildman–Crippen MR) is 60.6 cm³/mol. The van der Waals surface area contributed by atoms with E-state index in [0.29, 0.717) is 11.5 Å². The van der Waals surface area contributed by atoms with Crippen LogP contribution >= 0.6 is 0 Å². The zero-order chi connectivity index (χ0) is 10.7. The monoisotopic (exact) mass is 207 g/mol. The lowest BCUT2D eigenvalue weighted by atomic mass is 9.99. The first-order valence-corrected chi connectivity index (χ1v) is 5.35. The number of pyridine rings is 1. The van der Waals surface area contributed by atoms with E-state index in [4.69, 9.17) is 5.73 Å². The summed E-state index contributed by atoms with van der Waals surface area (Å²) in [6.45, 7) is 0.142. The molecule has 1 aromatic rings. The molecule has 0 spiro atoms. The molecule has 1 fully saturated rings. The Labute approximate surface area is 89.5 Å². The van der Waals surface area contributed by atoms with Gasteiger partial charge in [-0.15, -0.1) is 0 Å². The van der Waals surface area contributed by atoms with Gasteiger partial charge in [0.15, 0.2) is 0 Å². The average Bonchev–Trinajstić information content (AvgIpc) is 2.71. The maximum absolute atomic E-state index is 9.44. The van der Waals surface area contributed by atoms with E-state index in [1.54, 1.807) is 12.3 Å². The fraction of sp³-hybridized carbons (Fsp3) is 0.545. The van der Waals surface area contributed by atoms with Crippen LogP contribution in [0.2, 0.25) is 0 Å². The van der Waals surface area contributed by atoms with Gasteiger partial charge >= 0.3 is 0 Å². The van der Waals surface area contributed by atoms with Gasteiger partial charge in [-0.25, -0.2) is 4.98 Å². The molecule has 4 heteroatoms. The topological polar surface area (TPSA) is 71.2 Å². The molecule has 82 valence electrons. The van der Waals surface area contributed by atoms with Crippen molar-refractivity contribution in [3.8, 4) is 0 Å². The van der Waals surface area contributed by atoms with Gasteiger partial charge in [-0.3, -0.25) is 0 Å². The van der Waals surface area contributed by atoms with E-state index < -0.39 is 0 Å². The fourth-order valence-corrected chi connectivity index (χ4v) is 2.15. The van der Waals surface area contributed by atoms with Crippen molar-refractivity contribution in [1.82, 2.24) is 4.98 Å². The van der Waals surface area contributed by atoms with E-state index in [0.717, 1.165) is 25.7 Å². The minimum absolute atomic E-state index is 0.142. The van der Waals surface area contributed by atoms with Crippen LogP contribution in [0.3, 0.4) is 0 Å². The Morgan fingerprint density at radius 3 is 2.80 bits per heavy atom. The van der Waals surface area contributed by atoms with Crippen molar-refractivity contribution in [2.45, 2.75) is 31.2 Å². The molecular weight excluding hydrogens is 190 g/mol. The molecule has 0 radical (unpaired) electrons. The van der Waals surface area contributed by atoms with Gasteiger partial charge in [0.25, 0.3) is 0 Å². The molecule has 0 amide bonds. The molecule has 0 aliphatic heterocycles. The predicted octanol–water partition coefficient (Wildman–Crippen LogP) is 1.38. The number of aliphatic hydroxyl groups excluding tert-OH is 1. The number of aromatic nitrogens is 1. The van der Waals surface area contributed by atoms with Crippen LogP contribution in [0.5, 0.6) is 0 Å². The molecule has 0 aromatic carbocycles. The molecule has 4 nitrogen and oxygen atoms in total. The summed E-state index contributed by atoms with van der Waals surface area (Å²) in [5.74, 6) is 0.688. The summed E-state index contributed by atoms with van der Waals surface area (Å²) in [4.78, 5) is 4.19. The molecule has 0 atom stereocenters. The lowest BCUT2D eigenvalue weighted by Gasteiger charge is -2.29. The second kappa shape index (κ2) is 4.06. The summed E-state index contributed by atoms with van der Waals surface area (Å²) in [6.07, 6.45) is 5.98. The molecule has 15 heavy (non-hydrogen) atoms. The van der Waals surface area contributed by atoms with Crippen molar-refractivity contribution in [1.29, 1.82) is 0 Å². The largest absolute Gasteiger partial charge is 0.396 e. The quantitative estimate of drug-likeness (QED) is 0.700. The highest BCUT2D eigenvalue weighted by Crippen LogP contribution is 2.33. The Bertz CT molecular complexity index is 334. The smallest absolute Gasteiger partial charge is 0.149 e. The van der Waals surface area contributed by atoms with Crippen LogP contribution < -0.4 is 11.1 Å². The van der Waals surface area contributed by atoms with Gasteiger partial charge in [0, 0.05) is 6.20 Å². The number of anilines is 2. The molecule has 1 aliphatic rings. The first-order chi connectivity index (χ1) is 7.26. The summed E-state index contributed by atoms with van der Waals surface area (Å²) < 4.78 is 0. The number of nitrogen functional groups attached to an aromatic ring is 1. The number of nitrogens with two attached hydrogens (primary N) is 1. The zero-order valence-electron chi connectivity index (χ0n) is 8.74. The van der Waals surface area contributed by atoms with Crippen LogP contribution in [0.15, 0.2) is 18.3 Å². The van der Waals surface area contributed by atoms with E-state index in [1.165, 1.54) is 0 Å². The third-order valence-electron chi connectivity index (χ3n) is 3.09. The van der Waals surface area contributed by atoms with Crippen LogP contribution in [0.1, 0.15) is 25.7 Å². The molecule has 1 saturated carbocycles. The van der Waals surface area contributed by atoms with E-state index in [9.17, 15) is 5.11 Å². The standard InChI is InChI=1S/C11H17N3O/c12-9-4-3-7-13-10(9)14-11(8-15)5-1-2-6-11/h3-4,7,15H,1-2,5-6,8,12H2,(H,13,14). The van der Waals surface area contributed by atoms with Crippen molar-refractivity contribution < 1.29 is 5.11 Å². The first kappa shape index (κ1) is 10.2. The highest BCUT2D eigenvalue weighted by molar-refractivity contribution is 5.61. The van der Waals surface area contributed by atoms with Gasteiger partial charge in [-0.2, -0.15) is 0 Å². The minimum Gasteiger partial charge on any atom is -0.396 e. The first-order valence-electron chi connectivity index (χ1n) is 5.35. The number of rotatable bonds is 3. The number of nitrogens with zero attached hydrogens (tertiary/aromatic N) is 1. The maximum atomic E-state index is 9.44. The molecular formula is C11H17N3O. The van der Waals surface area contributed by atoms with Crippen LogP contribution in [-0.2, 0) is 0 Å². The Kier molecular flexibility index (Phi) is 2.77. The van der Waals surface area contributed by atoms with E-state index in [-0.39, 0.29) is 12.1 Å². The second-order valence-electron chi connectivity index (χ2n) is 4.21. The number of aliphatic hydroxyl groups is 1. The summed E-state index contributed by atoms with van der Waals surface area (Å²) in [5.41, 5.74) is 6.24. The molecule has 0 saturated heterocycles. The van der Waals surface area contributed by atoms with Crippen LogP contribution in [0, 0.1) is 0 Å². The molecule has 0 bridgehead atoms. The number of nitrogens with one attached hydrogen (secondary N) is 1. The fourth-order valence-electron chi connectivity index (χ4n) is 2.15. The highest BCUT2D eigenvalue weighted by Gasteiger charge is 2.33. The van der Waals surface area contributed by atoms with Gasteiger partial charge in [0.05, 0.1) is 17.8 Å². The summed E-state index contributed by atoms with van der Waals surface area (Å²) >= 11 is 0. The second-order valence-corrected chi connectivity index (χ2v) is 4.21. The van der Waals surface area contributed by atoms with Crippen molar-refractivity contribution in [2.75, 3.05) is 17.7 Å². The third kappa shape index (κ3) is 2.04. The van der Waals surface area contributed by atoms with E-state index in [1.807, 2.05) is 6.07 Å². The molecule has 1 heterocycles. The average molecular weight is 207 g/mol. The number of hydrogen-bond acceptors (Lipinski definition) is 4. The molecule has 1 aliphatic carbocycles. The molecule has 0 unspecified atom stereocenters. The molecule has 2 rings (SSSR count). The van der Waals surface area contributed by atoms with Crippen LogP contribution in [0.4, 0.5) is 11.5 Å². The molecule has 4 N–H and O–H groups in total. The van der Waals surface area contributed by atoms with Crippen molar-refractivity contribution in [3.05, 3.63) is 18.3 Å². The van der Waals surface area contributed by atoms with Gasteiger partial charge in [0.2, 0.25) is 0 Å². The SMILES string of the molecule is Nc1cccnc1NC1(CO)CCCC1. The zero-order valence-corrected chi connectivity index (χ0v) is 8.74. The molecule has 1 aromatic heterocycles. The van der Waals surface area contributed by atoms with E-state index in [2.05, 4.69) is 10.3 Å². The van der Waals surface area contributed by atoms with Gasteiger partial charge < -0.3 is 16.2 Å². The number of hydrogen-bond donors (Lipinski definition) is 3. The lowest BCUT2D eigenvalue weighted by molar-refractivity contribution is 0.214. The lowest BCUT2D eigenvalue weighted by Crippen LogP contribution is -2.39. The van der Waals surface area contributed by atoms with Crippen molar-refractivity contribution in [2.24, 2.45) is 0 Å². The third-order valence-corrected chi connectivity index (χ3v) is 3.09. The summed E-state index contributed by atoms with van der Waals surface area (Å²) in [7, 11) is 0. The Balaban J connectivity index is 2.16. The van der Waals surface area contributed by atoms with Crippen LogP contribution in [-0.4, -0.2) is 22.2 Å². The Morgan fingerprint density at radius 1 is 1.47 bits per heavy atom. The van der Waals surface area contributed by atoms with Gasteiger partial charge in [0.1, 0.15) is 5.82 Å². The van der Waals surface area contributed by atoms with Gasteiger partial charge in [-0.05, 0) is 25.0 Å². The highest BCUT2D eigenvalue weighted by atomic mass is 16.3. The normalized spacial score (nSPS) is 19.0. The van der Waals surface area contributed by atoms with Crippen molar-refractivity contribution in [3.63, 3.8) is 0 Å². The van der Waals surface area contributed by atoms with Crippen LogP contribution in [0.25, 0.3) is 0 Å².